The Bertz CT molecular complexity index is 1060. The highest BCUT2D eigenvalue weighted by Crippen LogP contribution is 2.28. The molecule has 4 rings (SSSR count). The Balaban J connectivity index is 1.44. The molecule has 0 amide bonds. The molecule has 7 nitrogen and oxygen atoms in total. The van der Waals surface area contributed by atoms with E-state index in [1.165, 1.54) is 11.8 Å². The Morgan fingerprint density at radius 1 is 1.07 bits per heavy atom. The van der Waals surface area contributed by atoms with Crippen LogP contribution in [0.4, 0.5) is 0 Å². The first kappa shape index (κ1) is 17.3. The van der Waals surface area contributed by atoms with Gasteiger partial charge >= 0.3 is 0 Å². The molecule has 0 N–H and O–H groups in total. The molecule has 0 spiro atoms. The van der Waals surface area contributed by atoms with E-state index in [0.29, 0.717) is 28.6 Å². The van der Waals surface area contributed by atoms with Crippen LogP contribution < -0.4 is 4.74 Å². The summed E-state index contributed by atoms with van der Waals surface area (Å²) in [7, 11) is 1.62. The van der Waals surface area contributed by atoms with E-state index in [9.17, 15) is 0 Å². The zero-order valence-electron chi connectivity index (χ0n) is 14.7. The summed E-state index contributed by atoms with van der Waals surface area (Å²) in [4.78, 5) is 4.41. The fourth-order valence-electron chi connectivity index (χ4n) is 2.51. The van der Waals surface area contributed by atoms with Crippen molar-refractivity contribution in [2.45, 2.75) is 17.9 Å². The van der Waals surface area contributed by atoms with E-state index in [1.807, 2.05) is 55.5 Å². The molecule has 0 atom stereocenters. The van der Waals surface area contributed by atoms with Gasteiger partial charge in [-0.3, -0.25) is 0 Å². The third-order valence-corrected chi connectivity index (χ3v) is 4.70. The Hall–Kier alpha value is -3.13. The van der Waals surface area contributed by atoms with E-state index in [0.717, 1.165) is 22.4 Å². The molecule has 8 heteroatoms. The second-order valence-corrected chi connectivity index (χ2v) is 6.65. The summed E-state index contributed by atoms with van der Waals surface area (Å²) in [5.74, 6) is 2.66. The molecule has 2 aromatic carbocycles. The molecule has 136 valence electrons. The highest BCUT2D eigenvalue weighted by atomic mass is 32.2. The SMILES string of the molecule is COc1cccc(-c2noc(CSc3nnc(-c4ccccc4C)o3)n2)c1. The van der Waals surface area contributed by atoms with E-state index < -0.39 is 0 Å². The van der Waals surface area contributed by atoms with E-state index in [1.54, 1.807) is 7.11 Å². The molecule has 27 heavy (non-hydrogen) atoms. The first-order valence-corrected chi connectivity index (χ1v) is 9.21. The van der Waals surface area contributed by atoms with Crippen molar-refractivity contribution in [1.29, 1.82) is 0 Å². The number of rotatable bonds is 6. The summed E-state index contributed by atoms with van der Waals surface area (Å²) >= 11 is 1.35. The number of aromatic nitrogens is 4. The van der Waals surface area contributed by atoms with Crippen LogP contribution in [0, 0.1) is 6.92 Å². The summed E-state index contributed by atoms with van der Waals surface area (Å²) in [6, 6.07) is 15.4. The van der Waals surface area contributed by atoms with Gasteiger partial charge in [0.15, 0.2) is 0 Å². The van der Waals surface area contributed by atoms with Crippen molar-refractivity contribution in [2.75, 3.05) is 7.11 Å². The van der Waals surface area contributed by atoms with Gasteiger partial charge in [-0.1, -0.05) is 47.3 Å². The number of nitrogens with zero attached hydrogens (tertiary/aromatic N) is 4. The van der Waals surface area contributed by atoms with Crippen LogP contribution in [0.25, 0.3) is 22.8 Å². The Morgan fingerprint density at radius 3 is 2.81 bits per heavy atom. The van der Waals surface area contributed by atoms with Crippen LogP contribution >= 0.6 is 11.8 Å². The molecule has 2 heterocycles. The van der Waals surface area contributed by atoms with Crippen molar-refractivity contribution < 1.29 is 13.7 Å². The molecule has 0 unspecified atom stereocenters. The first-order chi connectivity index (χ1) is 13.2. The molecule has 0 fully saturated rings. The van der Waals surface area contributed by atoms with Gasteiger partial charge in [0.05, 0.1) is 12.9 Å². The first-order valence-electron chi connectivity index (χ1n) is 8.22. The molecular weight excluding hydrogens is 364 g/mol. The topological polar surface area (TPSA) is 87.1 Å². The van der Waals surface area contributed by atoms with Crippen LogP contribution in [-0.4, -0.2) is 27.4 Å². The predicted molar refractivity (Wildman–Crippen MR) is 100 cm³/mol. The minimum Gasteiger partial charge on any atom is -0.497 e. The highest BCUT2D eigenvalue weighted by molar-refractivity contribution is 7.98. The maximum Gasteiger partial charge on any atom is 0.277 e. The lowest BCUT2D eigenvalue weighted by Crippen LogP contribution is -1.86. The lowest BCUT2D eigenvalue weighted by Gasteiger charge is -1.99. The van der Waals surface area contributed by atoms with Crippen molar-refractivity contribution >= 4 is 11.8 Å². The number of benzene rings is 2. The molecule has 2 aromatic heterocycles. The number of hydrogen-bond acceptors (Lipinski definition) is 8. The molecule has 0 radical (unpaired) electrons. The second kappa shape index (κ2) is 7.63. The van der Waals surface area contributed by atoms with Gasteiger partial charge in [-0.05, 0) is 30.7 Å². The molecule has 0 aliphatic heterocycles. The van der Waals surface area contributed by atoms with E-state index >= 15 is 0 Å². The number of aryl methyl sites for hydroxylation is 1. The quantitative estimate of drug-likeness (QED) is 0.455. The largest absolute Gasteiger partial charge is 0.497 e. The molecule has 0 bridgehead atoms. The van der Waals surface area contributed by atoms with Gasteiger partial charge in [-0.2, -0.15) is 4.98 Å². The van der Waals surface area contributed by atoms with Gasteiger partial charge < -0.3 is 13.7 Å². The van der Waals surface area contributed by atoms with Crippen LogP contribution in [0.1, 0.15) is 11.5 Å². The standard InChI is InChI=1S/C19H16N4O3S/c1-12-6-3-4-9-15(12)18-21-22-19(25-18)27-11-16-20-17(23-26-16)13-7-5-8-14(10-13)24-2/h3-10H,11H2,1-2H3. The molecule has 4 aromatic rings. The highest BCUT2D eigenvalue weighted by Gasteiger charge is 2.14. The second-order valence-electron chi connectivity index (χ2n) is 5.72. The molecule has 0 aliphatic rings. The summed E-state index contributed by atoms with van der Waals surface area (Å²) in [5.41, 5.74) is 2.83. The van der Waals surface area contributed by atoms with E-state index in [-0.39, 0.29) is 0 Å². The Kier molecular flexibility index (Phi) is 4.88. The Morgan fingerprint density at radius 2 is 1.96 bits per heavy atom. The normalized spacial score (nSPS) is 10.9. The van der Waals surface area contributed by atoms with Crippen molar-refractivity contribution in [3.63, 3.8) is 0 Å². The van der Waals surface area contributed by atoms with Gasteiger partial charge in [0.1, 0.15) is 5.75 Å². The minimum atomic E-state index is 0.437. The zero-order chi connectivity index (χ0) is 18.6. The van der Waals surface area contributed by atoms with Crippen molar-refractivity contribution in [3.8, 4) is 28.6 Å². The zero-order valence-corrected chi connectivity index (χ0v) is 15.6. The Labute approximate surface area is 159 Å². The van der Waals surface area contributed by atoms with Crippen LogP contribution in [0.3, 0.4) is 0 Å². The maximum atomic E-state index is 5.73. The van der Waals surface area contributed by atoms with Crippen molar-refractivity contribution in [1.82, 2.24) is 20.3 Å². The van der Waals surface area contributed by atoms with E-state index in [2.05, 4.69) is 20.3 Å². The minimum absolute atomic E-state index is 0.437. The van der Waals surface area contributed by atoms with Crippen molar-refractivity contribution in [2.24, 2.45) is 0 Å². The molecule has 0 saturated heterocycles. The monoisotopic (exact) mass is 380 g/mol. The lowest BCUT2D eigenvalue weighted by atomic mass is 10.1. The van der Waals surface area contributed by atoms with Crippen LogP contribution in [0.2, 0.25) is 0 Å². The summed E-state index contributed by atoms with van der Waals surface area (Å²) in [5, 5.41) is 12.7. The van der Waals surface area contributed by atoms with E-state index in [4.69, 9.17) is 13.7 Å². The number of thioether (sulfide) groups is 1. The predicted octanol–water partition coefficient (Wildman–Crippen LogP) is 4.40. The van der Waals surface area contributed by atoms with Crippen molar-refractivity contribution in [3.05, 3.63) is 60.0 Å². The van der Waals surface area contributed by atoms with Gasteiger partial charge in [-0.25, -0.2) is 0 Å². The fourth-order valence-corrected chi connectivity index (χ4v) is 3.11. The van der Waals surface area contributed by atoms with Crippen LogP contribution in [0.15, 0.2) is 62.7 Å². The van der Waals surface area contributed by atoms with Gasteiger partial charge in [0, 0.05) is 11.1 Å². The molecular formula is C19H16N4O3S. The number of methoxy groups -OCH3 is 1. The third kappa shape index (κ3) is 3.85. The fraction of sp³-hybridized carbons (Fsp3) is 0.158. The lowest BCUT2D eigenvalue weighted by molar-refractivity contribution is 0.390. The summed E-state index contributed by atoms with van der Waals surface area (Å²) in [6.07, 6.45) is 0. The number of hydrogen-bond donors (Lipinski definition) is 0. The maximum absolute atomic E-state index is 5.73. The van der Waals surface area contributed by atoms with Gasteiger partial charge in [-0.15, -0.1) is 10.2 Å². The number of ether oxygens (including phenoxy) is 1. The molecule has 0 saturated carbocycles. The average Bonchev–Trinajstić information content (AvgIpc) is 3.36. The molecule has 0 aliphatic carbocycles. The van der Waals surface area contributed by atoms with Crippen LogP contribution in [0.5, 0.6) is 5.75 Å². The smallest absolute Gasteiger partial charge is 0.277 e. The van der Waals surface area contributed by atoms with Gasteiger partial charge in [0.25, 0.3) is 5.22 Å². The third-order valence-electron chi connectivity index (χ3n) is 3.90. The van der Waals surface area contributed by atoms with Gasteiger partial charge in [0.2, 0.25) is 17.6 Å². The van der Waals surface area contributed by atoms with Crippen LogP contribution in [-0.2, 0) is 5.75 Å². The summed E-state index contributed by atoms with van der Waals surface area (Å²) in [6.45, 7) is 2.00. The summed E-state index contributed by atoms with van der Waals surface area (Å²) < 4.78 is 16.3. The average molecular weight is 380 g/mol.